The molecule has 1 aliphatic carbocycles. The number of methoxy groups -OCH3 is 1. The van der Waals surface area contributed by atoms with Crippen molar-refractivity contribution in [1.82, 2.24) is 0 Å². The molecule has 6 heteroatoms. The fourth-order valence-electron chi connectivity index (χ4n) is 2.55. The summed E-state index contributed by atoms with van der Waals surface area (Å²) in [6, 6.07) is 5.90. The first-order valence-corrected chi connectivity index (χ1v) is 7.24. The molecule has 120 valence electrons. The van der Waals surface area contributed by atoms with E-state index in [1.54, 1.807) is 0 Å². The Bertz CT molecular complexity index is 534. The molecule has 22 heavy (non-hydrogen) atoms. The molecule has 0 aromatic heterocycles. The second-order valence-corrected chi connectivity index (χ2v) is 5.49. The average molecular weight is 308 g/mol. The SMILES string of the molecule is COC(=O)c1ccc(C(=O)OCC2CCCCC2(O)O)cc1. The van der Waals surface area contributed by atoms with Crippen LogP contribution in [-0.4, -0.2) is 41.7 Å². The molecule has 0 heterocycles. The molecule has 1 aromatic rings. The van der Waals surface area contributed by atoms with Gasteiger partial charge in [-0.05, 0) is 37.1 Å². The molecule has 2 N–H and O–H groups in total. The van der Waals surface area contributed by atoms with Gasteiger partial charge in [0.25, 0.3) is 0 Å². The van der Waals surface area contributed by atoms with Gasteiger partial charge < -0.3 is 19.7 Å². The Kier molecular flexibility index (Phi) is 5.15. The van der Waals surface area contributed by atoms with Crippen LogP contribution in [0.1, 0.15) is 46.4 Å². The van der Waals surface area contributed by atoms with Crippen molar-refractivity contribution in [3.8, 4) is 0 Å². The van der Waals surface area contributed by atoms with E-state index in [1.165, 1.54) is 31.4 Å². The van der Waals surface area contributed by atoms with E-state index in [0.29, 0.717) is 24.0 Å². The number of benzene rings is 1. The Morgan fingerprint density at radius 3 is 2.27 bits per heavy atom. The fraction of sp³-hybridized carbons (Fsp3) is 0.500. The quantitative estimate of drug-likeness (QED) is 0.647. The third kappa shape index (κ3) is 3.84. The van der Waals surface area contributed by atoms with Crippen LogP contribution in [0.4, 0.5) is 0 Å². The lowest BCUT2D eigenvalue weighted by atomic mass is 9.84. The van der Waals surface area contributed by atoms with Crippen LogP contribution in [0.3, 0.4) is 0 Å². The van der Waals surface area contributed by atoms with Gasteiger partial charge >= 0.3 is 11.9 Å². The van der Waals surface area contributed by atoms with Crippen LogP contribution in [0.5, 0.6) is 0 Å². The van der Waals surface area contributed by atoms with Crippen LogP contribution >= 0.6 is 0 Å². The summed E-state index contributed by atoms with van der Waals surface area (Å²) >= 11 is 0. The van der Waals surface area contributed by atoms with Crippen molar-refractivity contribution in [3.63, 3.8) is 0 Å². The fourth-order valence-corrected chi connectivity index (χ4v) is 2.55. The molecule has 0 spiro atoms. The molecule has 1 unspecified atom stereocenters. The number of carbonyl (C=O) groups excluding carboxylic acids is 2. The Labute approximate surface area is 128 Å². The number of rotatable bonds is 4. The van der Waals surface area contributed by atoms with Crippen LogP contribution < -0.4 is 0 Å². The van der Waals surface area contributed by atoms with E-state index < -0.39 is 23.6 Å². The summed E-state index contributed by atoms with van der Waals surface area (Å²) in [6.45, 7) is -0.0371. The molecule has 2 rings (SSSR count). The van der Waals surface area contributed by atoms with Gasteiger partial charge in [-0.15, -0.1) is 0 Å². The molecular weight excluding hydrogens is 288 g/mol. The zero-order valence-corrected chi connectivity index (χ0v) is 12.4. The minimum Gasteiger partial charge on any atom is -0.465 e. The number of hydrogen-bond donors (Lipinski definition) is 2. The van der Waals surface area contributed by atoms with Gasteiger partial charge in [0, 0.05) is 12.3 Å². The molecule has 1 fully saturated rings. The first-order valence-electron chi connectivity index (χ1n) is 7.24. The largest absolute Gasteiger partial charge is 0.465 e. The van der Waals surface area contributed by atoms with Gasteiger partial charge in [-0.25, -0.2) is 9.59 Å². The van der Waals surface area contributed by atoms with Crippen molar-refractivity contribution < 1.29 is 29.3 Å². The Balaban J connectivity index is 1.93. The normalized spacial score (nSPS) is 20.2. The number of esters is 2. The minimum atomic E-state index is -1.77. The Morgan fingerprint density at radius 1 is 1.14 bits per heavy atom. The molecular formula is C16H20O6. The summed E-state index contributed by atoms with van der Waals surface area (Å²) in [7, 11) is 1.28. The van der Waals surface area contributed by atoms with E-state index in [1.807, 2.05) is 0 Å². The van der Waals surface area contributed by atoms with Crippen molar-refractivity contribution in [1.29, 1.82) is 0 Å². The van der Waals surface area contributed by atoms with Crippen molar-refractivity contribution in [2.75, 3.05) is 13.7 Å². The third-order valence-electron chi connectivity index (χ3n) is 3.96. The summed E-state index contributed by atoms with van der Waals surface area (Å²) in [4.78, 5) is 23.3. The molecule has 0 radical (unpaired) electrons. The Morgan fingerprint density at radius 2 is 1.73 bits per heavy atom. The summed E-state index contributed by atoms with van der Waals surface area (Å²) < 4.78 is 9.73. The second-order valence-electron chi connectivity index (χ2n) is 5.49. The average Bonchev–Trinajstić information content (AvgIpc) is 2.52. The maximum Gasteiger partial charge on any atom is 0.338 e. The van der Waals surface area contributed by atoms with E-state index in [-0.39, 0.29) is 6.61 Å². The number of hydrogen-bond acceptors (Lipinski definition) is 6. The van der Waals surface area contributed by atoms with Gasteiger partial charge in [-0.3, -0.25) is 0 Å². The lowest BCUT2D eigenvalue weighted by Crippen LogP contribution is -2.43. The molecule has 1 atom stereocenters. The highest BCUT2D eigenvalue weighted by atomic mass is 16.5. The maximum atomic E-state index is 11.9. The number of ether oxygens (including phenoxy) is 2. The van der Waals surface area contributed by atoms with Gasteiger partial charge in [0.1, 0.15) is 0 Å². The topological polar surface area (TPSA) is 93.1 Å². The highest BCUT2D eigenvalue weighted by Crippen LogP contribution is 2.31. The molecule has 0 amide bonds. The molecule has 1 saturated carbocycles. The van der Waals surface area contributed by atoms with Gasteiger partial charge in [0.15, 0.2) is 5.79 Å². The number of aliphatic hydroxyl groups is 2. The Hall–Kier alpha value is -1.92. The van der Waals surface area contributed by atoms with Gasteiger partial charge in [-0.1, -0.05) is 6.42 Å². The van der Waals surface area contributed by atoms with E-state index in [0.717, 1.165) is 12.8 Å². The highest BCUT2D eigenvalue weighted by Gasteiger charge is 2.37. The maximum absolute atomic E-state index is 11.9. The zero-order valence-electron chi connectivity index (χ0n) is 12.4. The summed E-state index contributed by atoms with van der Waals surface area (Å²) in [6.07, 6.45) is 2.55. The molecule has 6 nitrogen and oxygen atoms in total. The second kappa shape index (κ2) is 6.89. The van der Waals surface area contributed by atoms with Crippen LogP contribution in [0.2, 0.25) is 0 Å². The van der Waals surface area contributed by atoms with Gasteiger partial charge in [-0.2, -0.15) is 0 Å². The van der Waals surface area contributed by atoms with E-state index >= 15 is 0 Å². The van der Waals surface area contributed by atoms with Crippen molar-refractivity contribution >= 4 is 11.9 Å². The summed E-state index contributed by atoms with van der Waals surface area (Å²) in [5.41, 5.74) is 0.640. The number of carbonyl (C=O) groups is 2. The first kappa shape index (κ1) is 16.5. The predicted octanol–water partition coefficient (Wildman–Crippen LogP) is 1.50. The molecule has 0 saturated heterocycles. The minimum absolute atomic E-state index is 0.0371. The van der Waals surface area contributed by atoms with Crippen molar-refractivity contribution in [2.24, 2.45) is 5.92 Å². The van der Waals surface area contributed by atoms with Crippen molar-refractivity contribution in [2.45, 2.75) is 31.5 Å². The van der Waals surface area contributed by atoms with E-state index in [2.05, 4.69) is 4.74 Å². The predicted molar refractivity (Wildman–Crippen MR) is 77.2 cm³/mol. The van der Waals surface area contributed by atoms with Gasteiger partial charge in [0.2, 0.25) is 0 Å². The van der Waals surface area contributed by atoms with Gasteiger partial charge in [0.05, 0.1) is 24.8 Å². The monoisotopic (exact) mass is 308 g/mol. The van der Waals surface area contributed by atoms with Crippen LogP contribution in [0, 0.1) is 5.92 Å². The van der Waals surface area contributed by atoms with Crippen LogP contribution in [0.25, 0.3) is 0 Å². The summed E-state index contributed by atoms with van der Waals surface area (Å²) in [5.74, 6) is -3.28. The van der Waals surface area contributed by atoms with E-state index in [4.69, 9.17) is 4.74 Å². The van der Waals surface area contributed by atoms with E-state index in [9.17, 15) is 19.8 Å². The molecule has 1 aromatic carbocycles. The highest BCUT2D eigenvalue weighted by molar-refractivity contribution is 5.93. The zero-order chi connectivity index (χ0) is 16.2. The smallest absolute Gasteiger partial charge is 0.338 e. The molecule has 0 bridgehead atoms. The van der Waals surface area contributed by atoms with Crippen LogP contribution in [0.15, 0.2) is 24.3 Å². The summed E-state index contributed by atoms with van der Waals surface area (Å²) in [5, 5.41) is 19.7. The van der Waals surface area contributed by atoms with Crippen molar-refractivity contribution in [3.05, 3.63) is 35.4 Å². The lowest BCUT2D eigenvalue weighted by molar-refractivity contribution is -0.223. The van der Waals surface area contributed by atoms with Crippen LogP contribution in [-0.2, 0) is 9.47 Å². The first-order chi connectivity index (χ1) is 10.4. The third-order valence-corrected chi connectivity index (χ3v) is 3.96. The standard InChI is InChI=1S/C16H20O6/c1-21-14(17)11-5-7-12(8-6-11)15(18)22-10-13-4-2-3-9-16(13,19)20/h5-8,13,19-20H,2-4,9-10H2,1H3. The lowest BCUT2D eigenvalue weighted by Gasteiger charge is -2.34. The molecule has 1 aliphatic rings. The molecule has 0 aliphatic heterocycles.